The van der Waals surface area contributed by atoms with E-state index in [2.05, 4.69) is 51.2 Å². The average Bonchev–Trinajstić information content (AvgIpc) is 2.04. The molecule has 12 heavy (non-hydrogen) atoms. The van der Waals surface area contributed by atoms with E-state index >= 15 is 0 Å². The summed E-state index contributed by atoms with van der Waals surface area (Å²) in [7, 11) is 0. The Morgan fingerprint density at radius 2 is 1.92 bits per heavy atom. The van der Waals surface area contributed by atoms with Crippen LogP contribution in [-0.4, -0.2) is 13.2 Å². The van der Waals surface area contributed by atoms with E-state index < -0.39 is 0 Å². The van der Waals surface area contributed by atoms with Crippen LogP contribution < -0.4 is 10.5 Å². The summed E-state index contributed by atoms with van der Waals surface area (Å²) in [6.07, 6.45) is 0. The number of hydrogen-bond donors (Lipinski definition) is 1. The Hall–Kier alpha value is 0.440. The van der Waals surface area contributed by atoms with Crippen LogP contribution in [0, 0.1) is 13.2 Å². The van der Waals surface area contributed by atoms with Gasteiger partial charge in [0.2, 0.25) is 0 Å². The summed E-state index contributed by atoms with van der Waals surface area (Å²) in [6.45, 7) is 1.11. The van der Waals surface area contributed by atoms with Crippen molar-refractivity contribution < 1.29 is 4.74 Å². The van der Waals surface area contributed by atoms with Crippen molar-refractivity contribution in [1.29, 1.82) is 0 Å². The quantitative estimate of drug-likeness (QED) is 0.805. The van der Waals surface area contributed by atoms with Gasteiger partial charge in [-0.3, -0.25) is 0 Å². The van der Waals surface area contributed by atoms with Gasteiger partial charge in [0.15, 0.2) is 0 Å². The molecule has 0 saturated carbocycles. The molecule has 0 aromatic heterocycles. The minimum Gasteiger partial charge on any atom is -0.490 e. The van der Waals surface area contributed by atoms with E-state index in [1.54, 1.807) is 0 Å². The first-order chi connectivity index (χ1) is 5.75. The molecule has 0 atom stereocenters. The van der Waals surface area contributed by atoms with Gasteiger partial charge in [0.05, 0.1) is 7.14 Å². The lowest BCUT2D eigenvalue weighted by Crippen LogP contribution is -2.11. The van der Waals surface area contributed by atoms with Gasteiger partial charge in [-0.25, -0.2) is 0 Å². The Bertz CT molecular complexity index is 245. The largest absolute Gasteiger partial charge is 0.490 e. The Morgan fingerprint density at radius 1 is 1.33 bits per heavy atom. The number of halogens is 2. The second-order valence-electron chi connectivity index (χ2n) is 2.12. The van der Waals surface area contributed by atoms with E-state index in [1.165, 1.54) is 0 Å². The zero-order valence-electron chi connectivity index (χ0n) is 6.31. The number of ether oxygens (including phenoxy) is 1. The molecule has 4 heteroatoms. The van der Waals surface area contributed by atoms with Gasteiger partial charge in [0.1, 0.15) is 12.4 Å². The molecule has 1 aromatic carbocycles. The predicted octanol–water partition coefficient (Wildman–Crippen LogP) is 2.03. The van der Waals surface area contributed by atoms with E-state index in [4.69, 9.17) is 10.5 Å². The highest BCUT2D eigenvalue weighted by Gasteiger charge is 2.04. The molecule has 0 spiro atoms. The van der Waals surface area contributed by atoms with Gasteiger partial charge < -0.3 is 10.5 Å². The van der Waals surface area contributed by atoms with Gasteiger partial charge >= 0.3 is 0 Å². The fourth-order valence-electron chi connectivity index (χ4n) is 0.732. The van der Waals surface area contributed by atoms with Crippen LogP contribution in [0.4, 0.5) is 0 Å². The molecule has 0 aliphatic carbocycles. The minimum absolute atomic E-state index is 0.546. The van der Waals surface area contributed by atoms with Gasteiger partial charge in [0, 0.05) is 6.54 Å². The lowest BCUT2D eigenvalue weighted by molar-refractivity contribution is 0.324. The summed E-state index contributed by atoms with van der Waals surface area (Å²) in [5.41, 5.74) is 5.34. The lowest BCUT2D eigenvalue weighted by atomic mass is 10.3. The van der Waals surface area contributed by atoms with E-state index in [1.807, 2.05) is 12.1 Å². The van der Waals surface area contributed by atoms with Crippen LogP contribution in [0.1, 0.15) is 0 Å². The summed E-state index contributed by atoms with van der Waals surface area (Å²) in [5.74, 6) is 0.917. The monoisotopic (exact) mass is 388 g/mol. The van der Waals surface area contributed by atoms with Crippen molar-refractivity contribution in [2.75, 3.05) is 13.2 Å². The lowest BCUT2D eigenvalue weighted by Gasteiger charge is -2.08. The molecule has 0 amide bonds. The van der Waals surface area contributed by atoms with Gasteiger partial charge in [-0.1, -0.05) is 0 Å². The van der Waals surface area contributed by atoms with Crippen molar-refractivity contribution in [3.05, 3.63) is 25.3 Å². The second kappa shape index (κ2) is 5.23. The van der Waals surface area contributed by atoms with Crippen LogP contribution in [0.25, 0.3) is 0 Å². The Kier molecular flexibility index (Phi) is 4.59. The van der Waals surface area contributed by atoms with Crippen molar-refractivity contribution in [2.24, 2.45) is 5.73 Å². The van der Waals surface area contributed by atoms with Crippen LogP contribution in [0.3, 0.4) is 0 Å². The molecule has 1 rings (SSSR count). The third-order valence-electron chi connectivity index (χ3n) is 1.22. The van der Waals surface area contributed by atoms with E-state index in [0.717, 1.165) is 12.9 Å². The first-order valence-corrected chi connectivity index (χ1v) is 5.59. The van der Waals surface area contributed by atoms with Crippen LogP contribution in [0.2, 0.25) is 0 Å². The molecular formula is C8H8I2NO. The highest BCUT2D eigenvalue weighted by atomic mass is 127. The highest BCUT2D eigenvalue weighted by Crippen LogP contribution is 2.26. The van der Waals surface area contributed by atoms with Gasteiger partial charge in [-0.05, 0) is 63.4 Å². The third kappa shape index (κ3) is 2.74. The molecule has 0 aliphatic rings. The van der Waals surface area contributed by atoms with Crippen LogP contribution in [0.5, 0.6) is 5.75 Å². The Morgan fingerprint density at radius 3 is 2.42 bits per heavy atom. The fourth-order valence-corrected chi connectivity index (χ4v) is 2.50. The van der Waals surface area contributed by atoms with Crippen LogP contribution in [0.15, 0.2) is 12.1 Å². The van der Waals surface area contributed by atoms with Crippen LogP contribution in [-0.2, 0) is 0 Å². The van der Waals surface area contributed by atoms with Crippen molar-refractivity contribution in [3.8, 4) is 5.75 Å². The second-order valence-corrected chi connectivity index (χ2v) is 4.44. The highest BCUT2D eigenvalue weighted by molar-refractivity contribution is 14.1. The summed E-state index contributed by atoms with van der Waals surface area (Å²) in [5, 5.41) is 0. The topological polar surface area (TPSA) is 35.2 Å². The molecule has 0 unspecified atom stereocenters. The van der Waals surface area contributed by atoms with E-state index in [-0.39, 0.29) is 0 Å². The molecule has 0 bridgehead atoms. The van der Waals surface area contributed by atoms with E-state index in [9.17, 15) is 0 Å². The molecule has 0 heterocycles. The molecule has 1 aromatic rings. The molecule has 65 valence electrons. The smallest absolute Gasteiger partial charge is 0.146 e. The summed E-state index contributed by atoms with van der Waals surface area (Å²) >= 11 is 4.45. The minimum atomic E-state index is 0.546. The Labute approximate surface area is 99.1 Å². The predicted molar refractivity (Wildman–Crippen MR) is 65.3 cm³/mol. The molecule has 2 N–H and O–H groups in total. The average molecular weight is 388 g/mol. The molecule has 0 fully saturated rings. The fraction of sp³-hybridized carbons (Fsp3) is 0.250. The SMILES string of the molecule is NCCOc1c(I)c[c]cc1I. The van der Waals surface area contributed by atoms with Gasteiger partial charge in [-0.15, -0.1) is 0 Å². The summed E-state index contributed by atoms with van der Waals surface area (Å²) in [4.78, 5) is 0. The number of benzene rings is 1. The summed E-state index contributed by atoms with van der Waals surface area (Å²) in [6, 6.07) is 6.81. The van der Waals surface area contributed by atoms with Crippen molar-refractivity contribution in [3.63, 3.8) is 0 Å². The maximum atomic E-state index is 5.46. The number of nitrogens with two attached hydrogens (primary N) is 1. The first-order valence-electron chi connectivity index (χ1n) is 3.43. The van der Waals surface area contributed by atoms with Crippen LogP contribution >= 0.6 is 45.2 Å². The maximum Gasteiger partial charge on any atom is 0.146 e. The maximum absolute atomic E-state index is 5.46. The van der Waals surface area contributed by atoms with E-state index in [0.29, 0.717) is 13.2 Å². The molecule has 2 nitrogen and oxygen atoms in total. The zero-order chi connectivity index (χ0) is 8.97. The first kappa shape index (κ1) is 10.5. The number of rotatable bonds is 3. The standard InChI is InChI=1S/C8H8I2NO/c9-6-2-1-3-7(10)8(6)12-5-4-11/h2-3H,4-5,11H2. The molecule has 0 aliphatic heterocycles. The third-order valence-corrected chi connectivity index (χ3v) is 2.82. The Balaban J connectivity index is 2.81. The normalized spacial score (nSPS) is 9.92. The van der Waals surface area contributed by atoms with Gasteiger partial charge in [0.25, 0.3) is 0 Å². The molecule has 0 saturated heterocycles. The zero-order valence-corrected chi connectivity index (χ0v) is 10.6. The van der Waals surface area contributed by atoms with Crippen molar-refractivity contribution in [2.45, 2.75) is 0 Å². The van der Waals surface area contributed by atoms with Crippen molar-refractivity contribution in [1.82, 2.24) is 0 Å². The molecule has 1 radical (unpaired) electrons. The number of hydrogen-bond acceptors (Lipinski definition) is 2. The van der Waals surface area contributed by atoms with Crippen molar-refractivity contribution >= 4 is 45.2 Å². The molecular weight excluding hydrogens is 380 g/mol. The summed E-state index contributed by atoms with van der Waals surface area (Å²) < 4.78 is 7.61. The van der Waals surface area contributed by atoms with Gasteiger partial charge in [-0.2, -0.15) is 0 Å².